The molecular formula is C48H68BCl3IN9O5. The maximum absolute atomic E-state index is 12.2. The van der Waals surface area contributed by atoms with Crippen LogP contribution in [0.3, 0.4) is 0 Å². The summed E-state index contributed by atoms with van der Waals surface area (Å²) in [4.78, 5) is 57.1. The summed E-state index contributed by atoms with van der Waals surface area (Å²) >= 11 is 20.5. The smallest absolute Gasteiger partial charge is 0.400 e. The second-order valence-electron chi connectivity index (χ2n) is 17.2. The first-order chi connectivity index (χ1) is 31.0. The molecule has 0 amide bonds. The molecule has 0 aliphatic carbocycles. The van der Waals surface area contributed by atoms with Crippen molar-refractivity contribution in [3.05, 3.63) is 105 Å². The molecule has 0 aromatic carbocycles. The topological polar surface area (TPSA) is 170 Å². The van der Waals surface area contributed by atoms with Gasteiger partial charge in [-0.25, -0.2) is 29.3 Å². The van der Waals surface area contributed by atoms with Gasteiger partial charge in [-0.1, -0.05) is 108 Å². The van der Waals surface area contributed by atoms with Crippen molar-refractivity contribution in [3.63, 3.8) is 0 Å². The second kappa shape index (κ2) is 24.1. The number of allylic oxidation sites excluding steroid dienone is 2. The number of aromatic amines is 3. The first-order valence-corrected chi connectivity index (χ1v) is 24.5. The first-order valence-electron chi connectivity index (χ1n) is 22.3. The van der Waals surface area contributed by atoms with Crippen LogP contribution in [0, 0.1) is 3.57 Å². The van der Waals surface area contributed by atoms with Gasteiger partial charge in [-0.15, -0.1) is 6.58 Å². The van der Waals surface area contributed by atoms with Gasteiger partial charge in [-0.2, -0.15) is 0 Å². The molecule has 67 heavy (non-hydrogen) atoms. The molecule has 0 unspecified atom stereocenters. The van der Waals surface area contributed by atoms with E-state index < -0.39 is 0 Å². The van der Waals surface area contributed by atoms with Gasteiger partial charge in [0.2, 0.25) is 0 Å². The van der Waals surface area contributed by atoms with Gasteiger partial charge >= 0.3 is 24.2 Å². The van der Waals surface area contributed by atoms with Crippen LogP contribution in [0.15, 0.2) is 58.2 Å². The maximum Gasteiger partial charge on any atom is 0.489 e. The number of rotatable bonds is 12. The number of nitrogens with one attached hydrogen (secondary N) is 3. The lowest BCUT2D eigenvalue weighted by Crippen LogP contribution is -2.41. The molecule has 7 heterocycles. The number of H-pyrrole nitrogens is 3. The third-order valence-electron chi connectivity index (χ3n) is 12.3. The van der Waals surface area contributed by atoms with E-state index in [0.29, 0.717) is 32.0 Å². The van der Waals surface area contributed by atoms with Crippen LogP contribution in [0.25, 0.3) is 45.1 Å². The molecule has 1 fully saturated rings. The molecule has 0 bridgehead atoms. The highest BCUT2D eigenvalue weighted by molar-refractivity contribution is 14.1. The third kappa shape index (κ3) is 12.1. The highest BCUT2D eigenvalue weighted by Gasteiger charge is 2.51. The Balaban J connectivity index is 0.000000238. The maximum atomic E-state index is 12.2. The summed E-state index contributed by atoms with van der Waals surface area (Å²) in [6.07, 6.45) is 11.7. The molecule has 0 radical (unpaired) electrons. The van der Waals surface area contributed by atoms with Crippen LogP contribution in [0.5, 0.6) is 0 Å². The highest BCUT2D eigenvalue weighted by atomic mass is 127. The minimum Gasteiger partial charge on any atom is -0.400 e. The molecule has 1 aliphatic heterocycles. The Bertz CT molecular complexity index is 2870. The number of aromatic nitrogens is 9. The molecule has 7 rings (SSSR count). The molecule has 1 aliphatic rings. The Hall–Kier alpha value is -3.94. The number of nitrogens with zero attached hydrogens (tertiary/aromatic N) is 6. The van der Waals surface area contributed by atoms with Crippen LogP contribution in [-0.4, -0.2) is 61.9 Å². The molecular weight excluding hydrogens is 1030 g/mol. The predicted octanol–water partition coefficient (Wildman–Crippen LogP) is 13.3. The van der Waals surface area contributed by atoms with Crippen molar-refractivity contribution >= 4 is 110 Å². The van der Waals surface area contributed by atoms with Gasteiger partial charge in [0.1, 0.15) is 5.52 Å². The number of fused-ring (bicyclic) bond motifs is 3. The van der Waals surface area contributed by atoms with Crippen LogP contribution >= 0.6 is 57.4 Å². The van der Waals surface area contributed by atoms with Crippen LogP contribution in [-0.2, 0) is 9.31 Å². The monoisotopic (exact) mass is 1090 g/mol. The Labute approximate surface area is 423 Å². The average Bonchev–Trinajstić information content (AvgIpc) is 3.96. The number of halogens is 4. The minimum absolute atomic E-state index is 0. The fraction of sp³-hybridized carbons (Fsp3) is 0.500. The number of imidazole rings is 3. The lowest BCUT2D eigenvalue weighted by atomic mass is 9.81. The molecule has 0 spiro atoms. The molecule has 19 heteroatoms. The van der Waals surface area contributed by atoms with E-state index in [2.05, 4.69) is 114 Å². The third-order valence-corrected chi connectivity index (χ3v) is 14.5. The lowest BCUT2D eigenvalue weighted by molar-refractivity contribution is 0.00578. The Morgan fingerprint density at radius 3 is 1.37 bits per heavy atom. The Morgan fingerprint density at radius 2 is 1.01 bits per heavy atom. The van der Waals surface area contributed by atoms with E-state index in [1.165, 1.54) is 6.20 Å². The molecule has 14 nitrogen and oxygen atoms in total. The zero-order valence-corrected chi connectivity index (χ0v) is 44.6. The largest absolute Gasteiger partial charge is 0.489 e. The lowest BCUT2D eigenvalue weighted by Gasteiger charge is -2.32. The van der Waals surface area contributed by atoms with Crippen LogP contribution < -0.4 is 17.1 Å². The molecule has 3 N–H and O–H groups in total. The van der Waals surface area contributed by atoms with Gasteiger partial charge in [-0.05, 0) is 108 Å². The van der Waals surface area contributed by atoms with Gasteiger partial charge in [0, 0.05) is 47.8 Å². The van der Waals surface area contributed by atoms with Crippen LogP contribution in [0.2, 0.25) is 15.1 Å². The average molecular weight is 1100 g/mol. The van der Waals surface area contributed by atoms with Crippen molar-refractivity contribution < 1.29 is 9.31 Å². The summed E-state index contributed by atoms with van der Waals surface area (Å²) in [5.41, 5.74) is 6.51. The van der Waals surface area contributed by atoms with Gasteiger partial charge in [0.15, 0.2) is 16.9 Å². The van der Waals surface area contributed by atoms with E-state index in [0.717, 1.165) is 80.8 Å². The molecule has 6 aromatic heterocycles. The SMILES string of the molecule is C.C=C(C)B1OC(C)(C)C(C)(C)O1.C=C(C)c1c(Cl)cnc2[nH]c(=O)n(C(CC)CC)c12.C=Cc1c(Cl)cnc2[nH]c(=O)n(C(CC)CC)c12.CCC(CC)n1c(=O)[nH]c2ncc(Cl)c(I)c21. The van der Waals surface area contributed by atoms with E-state index in [1.807, 2.05) is 41.5 Å². The fourth-order valence-corrected chi connectivity index (χ4v) is 9.15. The number of pyridine rings is 3. The summed E-state index contributed by atoms with van der Waals surface area (Å²) in [6.45, 7) is 35.9. The summed E-state index contributed by atoms with van der Waals surface area (Å²) in [6, 6.07) is 0.467. The Morgan fingerprint density at radius 1 is 0.672 bits per heavy atom. The quantitative estimate of drug-likeness (QED) is 0.0803. The zero-order chi connectivity index (χ0) is 49.6. The predicted molar refractivity (Wildman–Crippen MR) is 290 cm³/mol. The number of hydrogen-bond acceptors (Lipinski definition) is 8. The van der Waals surface area contributed by atoms with Crippen molar-refractivity contribution in [3.8, 4) is 0 Å². The van der Waals surface area contributed by atoms with Gasteiger partial charge in [0.25, 0.3) is 0 Å². The Kier molecular flexibility index (Phi) is 20.6. The summed E-state index contributed by atoms with van der Waals surface area (Å²) in [7, 11) is -0.241. The fourth-order valence-electron chi connectivity index (χ4n) is 7.84. The van der Waals surface area contributed by atoms with E-state index in [1.54, 1.807) is 32.2 Å². The summed E-state index contributed by atoms with van der Waals surface area (Å²) in [5.74, 6) is 0. The van der Waals surface area contributed by atoms with E-state index in [4.69, 9.17) is 44.1 Å². The van der Waals surface area contributed by atoms with E-state index >= 15 is 0 Å². The van der Waals surface area contributed by atoms with Crippen molar-refractivity contribution in [2.24, 2.45) is 0 Å². The van der Waals surface area contributed by atoms with Gasteiger partial charge in [-0.3, -0.25) is 28.7 Å². The van der Waals surface area contributed by atoms with Gasteiger partial charge in [0.05, 0.1) is 40.9 Å². The first kappa shape index (κ1) is 57.4. The number of hydrogen-bond donors (Lipinski definition) is 3. The van der Waals surface area contributed by atoms with E-state index in [-0.39, 0.29) is 60.9 Å². The van der Waals surface area contributed by atoms with Crippen LogP contribution in [0.4, 0.5) is 0 Å². The van der Waals surface area contributed by atoms with Crippen molar-refractivity contribution in [1.82, 2.24) is 43.6 Å². The molecule has 0 saturated carbocycles. The van der Waals surface area contributed by atoms with Crippen molar-refractivity contribution in [2.75, 3.05) is 0 Å². The zero-order valence-electron chi connectivity index (χ0n) is 40.2. The molecule has 0 atom stereocenters. The van der Waals surface area contributed by atoms with E-state index in [9.17, 15) is 14.4 Å². The normalized spacial score (nSPS) is 13.9. The highest BCUT2D eigenvalue weighted by Crippen LogP contribution is 2.38. The summed E-state index contributed by atoms with van der Waals surface area (Å²) in [5, 5.41) is 1.62. The van der Waals surface area contributed by atoms with Crippen molar-refractivity contribution in [2.45, 2.75) is 158 Å². The second-order valence-corrected chi connectivity index (χ2v) is 19.5. The standard InChI is InChI=1S/C14H18ClN3O.C13H16ClN3O.C11H13ClIN3O.C9H17BO2.CH4/c1-5-9(6-2)18-12-11(8(3)4)10(15)7-16-13(12)17-14(18)19;1-4-8(5-2)17-11-9(6-3)10(14)7-15-12(11)16-13(17)18;1-3-6(4-2)16-9-8(13)7(12)5-14-10(9)15-11(16)17;1-7(2)10-11-8(3,4)9(5,6)12-10;/h7,9H,3,5-6H2,1-2,4H3,(H,16,17,19);6-8H,3-5H2,1-2H3,(H,15,16,18);5-6H,3-4H2,1-2H3,(H,14,15,17);1H2,2-6H3;1H4. The molecule has 366 valence electrons. The minimum atomic E-state index is -0.241. The van der Waals surface area contributed by atoms with Crippen LogP contribution in [0.1, 0.15) is 158 Å². The summed E-state index contributed by atoms with van der Waals surface area (Å²) < 4.78 is 17.6. The molecule has 6 aromatic rings. The van der Waals surface area contributed by atoms with Gasteiger partial charge < -0.3 is 9.31 Å². The van der Waals surface area contributed by atoms with Crippen molar-refractivity contribution in [1.29, 1.82) is 0 Å². The molecule has 1 saturated heterocycles.